The number of aldehydes is 1. The average Bonchev–Trinajstić information content (AvgIpc) is 3.01. The van der Waals surface area contributed by atoms with Gasteiger partial charge in [0.25, 0.3) is 11.3 Å². The first kappa shape index (κ1) is 21.2. The van der Waals surface area contributed by atoms with E-state index in [2.05, 4.69) is 16.6 Å². The monoisotopic (exact) mass is 431 g/mol. The summed E-state index contributed by atoms with van der Waals surface area (Å²) in [5.41, 5.74) is 3.70. The van der Waals surface area contributed by atoms with Gasteiger partial charge in [0.1, 0.15) is 11.5 Å². The zero-order chi connectivity index (χ0) is 20.8. The van der Waals surface area contributed by atoms with Gasteiger partial charge in [-0.2, -0.15) is 0 Å². The summed E-state index contributed by atoms with van der Waals surface area (Å²) >= 11 is 4.00. The number of nitrogens with one attached hydrogen (secondary N) is 1. The van der Waals surface area contributed by atoms with E-state index < -0.39 is 11.3 Å². The third kappa shape index (κ3) is 5.12. The Balaban J connectivity index is 1.87. The number of hydrogen-bond donors (Lipinski definition) is 2. The van der Waals surface area contributed by atoms with Crippen molar-refractivity contribution in [1.82, 2.24) is 9.55 Å². The SMILES string of the molecule is CCCCc1nc(Cl)c(C=O)n1Cc1ccc(-c2ccccc2NS(=O)O)cc1. The molecule has 8 heteroatoms. The number of aromatic nitrogens is 2. The highest BCUT2D eigenvalue weighted by atomic mass is 35.5. The maximum absolute atomic E-state index is 11.5. The number of para-hydroxylation sites is 1. The lowest BCUT2D eigenvalue weighted by atomic mass is 10.0. The van der Waals surface area contributed by atoms with Crippen molar-refractivity contribution in [1.29, 1.82) is 0 Å². The van der Waals surface area contributed by atoms with E-state index in [1.54, 1.807) is 12.1 Å². The van der Waals surface area contributed by atoms with Crippen LogP contribution in [-0.4, -0.2) is 24.6 Å². The van der Waals surface area contributed by atoms with Crippen molar-refractivity contribution in [2.45, 2.75) is 32.7 Å². The van der Waals surface area contributed by atoms with Gasteiger partial charge in [0, 0.05) is 18.5 Å². The van der Waals surface area contributed by atoms with Crippen molar-refractivity contribution in [3.8, 4) is 11.1 Å². The molecule has 6 nitrogen and oxygen atoms in total. The Labute approximate surface area is 177 Å². The summed E-state index contributed by atoms with van der Waals surface area (Å²) in [7, 11) is 0. The lowest BCUT2D eigenvalue weighted by Crippen LogP contribution is -2.08. The van der Waals surface area contributed by atoms with E-state index in [0.717, 1.165) is 48.1 Å². The van der Waals surface area contributed by atoms with Crippen molar-refractivity contribution in [2.75, 3.05) is 4.72 Å². The van der Waals surface area contributed by atoms with E-state index in [4.69, 9.17) is 16.2 Å². The maximum Gasteiger partial charge on any atom is 0.259 e. The largest absolute Gasteiger partial charge is 0.320 e. The number of imidazole rings is 1. The van der Waals surface area contributed by atoms with Gasteiger partial charge in [0.2, 0.25) is 0 Å². The molecule has 1 atom stereocenters. The predicted molar refractivity (Wildman–Crippen MR) is 117 cm³/mol. The number of anilines is 1. The van der Waals surface area contributed by atoms with Gasteiger partial charge in [-0.15, -0.1) is 0 Å². The minimum Gasteiger partial charge on any atom is -0.320 e. The van der Waals surface area contributed by atoms with Crippen LogP contribution < -0.4 is 4.72 Å². The molecule has 2 aromatic carbocycles. The first-order valence-corrected chi connectivity index (χ1v) is 10.8. The van der Waals surface area contributed by atoms with Gasteiger partial charge in [-0.1, -0.05) is 67.4 Å². The number of hydrogen-bond acceptors (Lipinski definition) is 3. The molecule has 3 rings (SSSR count). The molecule has 0 fully saturated rings. The second-order valence-corrected chi connectivity index (χ2v) is 7.67. The lowest BCUT2D eigenvalue weighted by molar-refractivity contribution is 0.111. The molecule has 1 heterocycles. The Morgan fingerprint density at radius 2 is 1.93 bits per heavy atom. The number of benzene rings is 2. The van der Waals surface area contributed by atoms with Crippen LogP contribution in [0.4, 0.5) is 5.69 Å². The van der Waals surface area contributed by atoms with Crippen LogP contribution in [0.1, 0.15) is 41.6 Å². The molecule has 0 aliphatic rings. The highest BCUT2D eigenvalue weighted by Gasteiger charge is 2.15. The first-order valence-electron chi connectivity index (χ1n) is 9.29. The number of carbonyl (C=O) groups is 1. The van der Waals surface area contributed by atoms with Crippen LogP contribution >= 0.6 is 11.6 Å². The zero-order valence-corrected chi connectivity index (χ0v) is 17.5. The van der Waals surface area contributed by atoms with E-state index >= 15 is 0 Å². The molecule has 0 amide bonds. The molecule has 0 bridgehead atoms. The van der Waals surface area contributed by atoms with Crippen LogP contribution in [0.3, 0.4) is 0 Å². The van der Waals surface area contributed by atoms with E-state index in [-0.39, 0.29) is 5.15 Å². The maximum atomic E-state index is 11.5. The summed E-state index contributed by atoms with van der Waals surface area (Å²) in [6.45, 7) is 2.60. The van der Waals surface area contributed by atoms with Gasteiger partial charge < -0.3 is 4.57 Å². The van der Waals surface area contributed by atoms with Crippen LogP contribution in [-0.2, 0) is 24.2 Å². The van der Waals surface area contributed by atoms with Crippen LogP contribution in [0.5, 0.6) is 0 Å². The fourth-order valence-electron chi connectivity index (χ4n) is 3.19. The van der Waals surface area contributed by atoms with Gasteiger partial charge in [-0.3, -0.25) is 14.1 Å². The number of halogens is 1. The molecular formula is C21H22ClN3O3S. The molecule has 0 saturated heterocycles. The van der Waals surface area contributed by atoms with Crippen molar-refractivity contribution >= 4 is 34.8 Å². The summed E-state index contributed by atoms with van der Waals surface area (Å²) in [5.74, 6) is 0.808. The Morgan fingerprint density at radius 1 is 1.21 bits per heavy atom. The molecular weight excluding hydrogens is 410 g/mol. The molecule has 0 aliphatic heterocycles. The van der Waals surface area contributed by atoms with Gasteiger partial charge in [-0.25, -0.2) is 9.19 Å². The molecule has 1 unspecified atom stereocenters. The zero-order valence-electron chi connectivity index (χ0n) is 16.0. The second-order valence-electron chi connectivity index (χ2n) is 6.61. The molecule has 0 radical (unpaired) electrons. The molecule has 0 saturated carbocycles. The van der Waals surface area contributed by atoms with Crippen LogP contribution in [0, 0.1) is 0 Å². The number of unbranched alkanes of at least 4 members (excludes halogenated alkanes) is 1. The van der Waals surface area contributed by atoms with Gasteiger partial charge in [0.15, 0.2) is 11.4 Å². The lowest BCUT2D eigenvalue weighted by Gasteiger charge is -2.12. The van der Waals surface area contributed by atoms with Crippen LogP contribution in [0.15, 0.2) is 48.5 Å². The average molecular weight is 432 g/mol. The van der Waals surface area contributed by atoms with E-state index in [0.29, 0.717) is 17.9 Å². The van der Waals surface area contributed by atoms with Crippen LogP contribution in [0.2, 0.25) is 5.15 Å². The van der Waals surface area contributed by atoms with Gasteiger partial charge in [-0.05, 0) is 23.6 Å². The van der Waals surface area contributed by atoms with E-state index in [1.807, 2.05) is 41.0 Å². The number of nitrogens with zero attached hydrogens (tertiary/aromatic N) is 2. The fourth-order valence-corrected chi connectivity index (χ4v) is 3.80. The normalized spacial score (nSPS) is 12.0. The van der Waals surface area contributed by atoms with Crippen molar-refractivity contribution in [2.24, 2.45) is 0 Å². The standard InChI is InChI=1S/C21H22ClN3O3S/c1-2-3-8-20-23-21(22)19(14-26)25(20)13-15-9-11-16(12-10-15)17-6-4-5-7-18(17)24-29(27)28/h4-7,9-12,14,24H,2-3,8,13H2,1H3,(H,27,28). The quantitative estimate of drug-likeness (QED) is 0.370. The molecule has 1 aromatic heterocycles. The van der Waals surface area contributed by atoms with Crippen molar-refractivity contribution in [3.63, 3.8) is 0 Å². The fraction of sp³-hybridized carbons (Fsp3) is 0.238. The number of rotatable bonds is 9. The third-order valence-corrected chi connectivity index (χ3v) is 5.31. The summed E-state index contributed by atoms with van der Waals surface area (Å²) in [6.07, 6.45) is 3.51. The van der Waals surface area contributed by atoms with E-state index in [9.17, 15) is 9.00 Å². The predicted octanol–water partition coefficient (Wildman–Crippen LogP) is 4.96. The van der Waals surface area contributed by atoms with Gasteiger partial charge >= 0.3 is 0 Å². The summed E-state index contributed by atoms with van der Waals surface area (Å²) < 4.78 is 24.7. The third-order valence-electron chi connectivity index (χ3n) is 4.64. The number of aryl methyl sites for hydroxylation is 1. The molecule has 3 aromatic rings. The minimum atomic E-state index is -2.14. The Morgan fingerprint density at radius 3 is 2.59 bits per heavy atom. The molecule has 29 heavy (non-hydrogen) atoms. The second kappa shape index (κ2) is 9.82. The van der Waals surface area contributed by atoms with E-state index in [1.165, 1.54) is 0 Å². The number of carbonyl (C=O) groups excluding carboxylic acids is 1. The Hall–Kier alpha value is -2.48. The summed E-state index contributed by atoms with van der Waals surface area (Å²) in [4.78, 5) is 15.8. The van der Waals surface area contributed by atoms with Crippen molar-refractivity contribution in [3.05, 3.63) is 70.8 Å². The summed E-state index contributed by atoms with van der Waals surface area (Å²) in [5, 5.41) is 0.236. The first-order chi connectivity index (χ1) is 14.0. The summed E-state index contributed by atoms with van der Waals surface area (Å²) in [6, 6.07) is 15.1. The minimum absolute atomic E-state index is 0.236. The highest BCUT2D eigenvalue weighted by molar-refractivity contribution is 7.80. The molecule has 152 valence electrons. The van der Waals surface area contributed by atoms with Crippen LogP contribution in [0.25, 0.3) is 11.1 Å². The Kier molecular flexibility index (Phi) is 7.19. The molecule has 0 spiro atoms. The smallest absolute Gasteiger partial charge is 0.259 e. The van der Waals surface area contributed by atoms with Gasteiger partial charge in [0.05, 0.1) is 5.69 Å². The highest BCUT2D eigenvalue weighted by Crippen LogP contribution is 2.28. The topological polar surface area (TPSA) is 84.2 Å². The molecule has 0 aliphatic carbocycles. The molecule has 2 N–H and O–H groups in total. The van der Waals surface area contributed by atoms with Crippen molar-refractivity contribution < 1.29 is 13.6 Å². The Bertz CT molecular complexity index is 1020.